The van der Waals surface area contributed by atoms with Gasteiger partial charge in [0.1, 0.15) is 0 Å². The van der Waals surface area contributed by atoms with E-state index in [0.29, 0.717) is 12.3 Å². The first-order valence-corrected chi connectivity index (χ1v) is 6.74. The lowest BCUT2D eigenvalue weighted by Gasteiger charge is -2.29. The van der Waals surface area contributed by atoms with E-state index < -0.39 is 16.4 Å². The van der Waals surface area contributed by atoms with E-state index in [0.717, 1.165) is 0 Å². The Kier molecular flexibility index (Phi) is 5.86. The minimum absolute atomic E-state index is 0.186. The van der Waals surface area contributed by atoms with E-state index in [1.54, 1.807) is 6.26 Å². The van der Waals surface area contributed by atoms with Crippen molar-refractivity contribution < 1.29 is 9.32 Å². The van der Waals surface area contributed by atoms with E-state index in [1.165, 1.54) is 0 Å². The second-order valence-electron chi connectivity index (χ2n) is 4.53. The van der Waals surface area contributed by atoms with Gasteiger partial charge in [-0.05, 0) is 19.8 Å². The van der Waals surface area contributed by atoms with Crippen LogP contribution in [-0.4, -0.2) is 39.5 Å². The fraction of sp³-hybridized carbons (Fsp3) is 1.00. The third-order valence-corrected chi connectivity index (χ3v) is 3.51. The minimum atomic E-state index is -0.779. The van der Waals surface area contributed by atoms with Gasteiger partial charge in [-0.15, -0.1) is 0 Å². The smallest absolute Gasteiger partial charge is 0.0766 e. The van der Waals surface area contributed by atoms with Gasteiger partial charge < -0.3 is 10.4 Å². The van der Waals surface area contributed by atoms with Crippen molar-refractivity contribution in [3.05, 3.63) is 0 Å². The Balaban J connectivity index is 3.87. The second-order valence-corrected chi connectivity index (χ2v) is 6.01. The third kappa shape index (κ3) is 5.73. The Morgan fingerprint density at radius 3 is 2.29 bits per heavy atom. The molecule has 0 aliphatic carbocycles. The molecule has 3 atom stereocenters. The van der Waals surface area contributed by atoms with Gasteiger partial charge in [0.2, 0.25) is 0 Å². The van der Waals surface area contributed by atoms with Crippen molar-refractivity contribution >= 4 is 10.8 Å². The molecule has 0 radical (unpaired) electrons. The molecule has 0 amide bonds. The monoisotopic (exact) mass is 221 g/mol. The standard InChI is InChI=1S/C10H23NO2S/c1-8(2)10(4,12)7-11-9(3)6-14(5)13/h8-9,11-12H,6-7H2,1-5H3. The zero-order valence-electron chi connectivity index (χ0n) is 9.83. The highest BCUT2D eigenvalue weighted by molar-refractivity contribution is 7.84. The number of nitrogens with one attached hydrogen (secondary N) is 1. The summed E-state index contributed by atoms with van der Waals surface area (Å²) in [6.45, 7) is 8.33. The van der Waals surface area contributed by atoms with Crippen LogP contribution in [0.1, 0.15) is 27.7 Å². The molecule has 0 fully saturated rings. The van der Waals surface area contributed by atoms with Crippen LogP contribution in [0.3, 0.4) is 0 Å². The van der Waals surface area contributed by atoms with Crippen LogP contribution in [0.25, 0.3) is 0 Å². The summed E-state index contributed by atoms with van der Waals surface area (Å²) in [7, 11) is -0.779. The van der Waals surface area contributed by atoms with Crippen LogP contribution in [0.15, 0.2) is 0 Å². The summed E-state index contributed by atoms with van der Waals surface area (Å²) in [5.74, 6) is 0.850. The topological polar surface area (TPSA) is 49.3 Å². The van der Waals surface area contributed by atoms with Crippen LogP contribution in [0, 0.1) is 5.92 Å². The van der Waals surface area contributed by atoms with Crippen molar-refractivity contribution in [2.75, 3.05) is 18.6 Å². The molecule has 0 saturated heterocycles. The molecule has 0 rings (SSSR count). The highest BCUT2D eigenvalue weighted by Gasteiger charge is 2.24. The lowest BCUT2D eigenvalue weighted by molar-refractivity contribution is 0.0127. The van der Waals surface area contributed by atoms with Gasteiger partial charge in [0.05, 0.1) is 5.60 Å². The Hall–Kier alpha value is 0.0700. The minimum Gasteiger partial charge on any atom is -0.389 e. The van der Waals surface area contributed by atoms with Gasteiger partial charge in [-0.2, -0.15) is 0 Å². The molecule has 0 aliphatic heterocycles. The summed E-state index contributed by atoms with van der Waals surface area (Å²) in [5, 5.41) is 13.1. The normalized spacial score (nSPS) is 20.5. The molecule has 0 saturated carbocycles. The molecule has 0 heterocycles. The van der Waals surface area contributed by atoms with Crippen LogP contribution >= 0.6 is 0 Å². The summed E-state index contributed by atoms with van der Waals surface area (Å²) >= 11 is 0. The maximum atomic E-state index is 10.9. The molecule has 0 aliphatic rings. The van der Waals surface area contributed by atoms with Crippen LogP contribution < -0.4 is 5.32 Å². The molecule has 14 heavy (non-hydrogen) atoms. The molecule has 0 bridgehead atoms. The van der Waals surface area contributed by atoms with E-state index in [-0.39, 0.29) is 12.0 Å². The summed E-state index contributed by atoms with van der Waals surface area (Å²) in [6, 6.07) is 0.186. The molecule has 4 heteroatoms. The van der Waals surface area contributed by atoms with Crippen LogP contribution in [-0.2, 0) is 10.8 Å². The van der Waals surface area contributed by atoms with E-state index >= 15 is 0 Å². The van der Waals surface area contributed by atoms with E-state index in [9.17, 15) is 9.32 Å². The van der Waals surface area contributed by atoms with Gasteiger partial charge in [-0.25, -0.2) is 0 Å². The lowest BCUT2D eigenvalue weighted by atomic mass is 9.92. The summed E-state index contributed by atoms with van der Waals surface area (Å²) in [5.41, 5.74) is -0.691. The Morgan fingerprint density at radius 1 is 1.43 bits per heavy atom. The number of hydrogen-bond acceptors (Lipinski definition) is 3. The van der Waals surface area contributed by atoms with Crippen molar-refractivity contribution in [1.29, 1.82) is 0 Å². The average molecular weight is 221 g/mol. The molecule has 0 aromatic rings. The molecule has 0 aromatic carbocycles. The maximum absolute atomic E-state index is 10.9. The summed E-state index contributed by atoms with van der Waals surface area (Å²) in [4.78, 5) is 0. The Labute approximate surface area is 89.7 Å². The average Bonchev–Trinajstić information content (AvgIpc) is 1.99. The lowest BCUT2D eigenvalue weighted by Crippen LogP contribution is -2.46. The zero-order chi connectivity index (χ0) is 11.4. The van der Waals surface area contributed by atoms with Crippen LogP contribution in [0.4, 0.5) is 0 Å². The first-order valence-electron chi connectivity index (χ1n) is 5.01. The molecule has 2 N–H and O–H groups in total. The summed E-state index contributed by atoms with van der Waals surface area (Å²) < 4.78 is 10.9. The summed E-state index contributed by atoms with van der Waals surface area (Å²) in [6.07, 6.45) is 1.69. The van der Waals surface area contributed by atoms with Gasteiger partial charge in [-0.1, -0.05) is 13.8 Å². The van der Waals surface area contributed by atoms with Crippen LogP contribution in [0.5, 0.6) is 0 Å². The number of rotatable bonds is 6. The van der Waals surface area contributed by atoms with Crippen molar-refractivity contribution in [2.24, 2.45) is 5.92 Å². The fourth-order valence-corrected chi connectivity index (χ4v) is 1.82. The Morgan fingerprint density at radius 2 is 1.93 bits per heavy atom. The van der Waals surface area contributed by atoms with Crippen molar-refractivity contribution in [2.45, 2.75) is 39.3 Å². The molecule has 3 unspecified atom stereocenters. The zero-order valence-corrected chi connectivity index (χ0v) is 10.6. The molecular formula is C10H23NO2S. The largest absolute Gasteiger partial charge is 0.389 e. The number of hydrogen-bond donors (Lipinski definition) is 2. The molecule has 86 valence electrons. The van der Waals surface area contributed by atoms with Crippen molar-refractivity contribution in [3.8, 4) is 0 Å². The predicted octanol–water partition coefficient (Wildman–Crippen LogP) is 0.750. The number of aliphatic hydroxyl groups is 1. The van der Waals surface area contributed by atoms with E-state index in [4.69, 9.17) is 0 Å². The predicted molar refractivity (Wildman–Crippen MR) is 61.9 cm³/mol. The molecule has 0 aromatic heterocycles. The molecular weight excluding hydrogens is 198 g/mol. The van der Waals surface area contributed by atoms with Crippen molar-refractivity contribution in [1.82, 2.24) is 5.32 Å². The quantitative estimate of drug-likeness (QED) is 0.696. The first kappa shape index (κ1) is 14.1. The van der Waals surface area contributed by atoms with Gasteiger partial charge in [-0.3, -0.25) is 4.21 Å². The molecule has 0 spiro atoms. The van der Waals surface area contributed by atoms with E-state index in [1.807, 2.05) is 27.7 Å². The molecule has 3 nitrogen and oxygen atoms in total. The highest BCUT2D eigenvalue weighted by Crippen LogP contribution is 2.14. The highest BCUT2D eigenvalue weighted by atomic mass is 32.2. The van der Waals surface area contributed by atoms with Gasteiger partial charge >= 0.3 is 0 Å². The van der Waals surface area contributed by atoms with Gasteiger partial charge in [0.15, 0.2) is 0 Å². The van der Waals surface area contributed by atoms with E-state index in [2.05, 4.69) is 5.32 Å². The fourth-order valence-electron chi connectivity index (χ4n) is 0.996. The first-order chi connectivity index (χ1) is 6.25. The Bertz CT molecular complexity index is 193. The SMILES string of the molecule is CC(CS(C)=O)NCC(C)(O)C(C)C. The second kappa shape index (κ2) is 5.83. The van der Waals surface area contributed by atoms with Gasteiger partial charge in [0.25, 0.3) is 0 Å². The van der Waals surface area contributed by atoms with Gasteiger partial charge in [0, 0.05) is 35.4 Å². The van der Waals surface area contributed by atoms with Crippen LogP contribution in [0.2, 0.25) is 0 Å². The van der Waals surface area contributed by atoms with Crippen molar-refractivity contribution in [3.63, 3.8) is 0 Å². The maximum Gasteiger partial charge on any atom is 0.0766 e. The third-order valence-electron chi connectivity index (χ3n) is 2.54.